The molecule has 1 saturated heterocycles. The smallest absolute Gasteiger partial charge is 0.227 e. The number of amides is 1. The van der Waals surface area contributed by atoms with Gasteiger partial charge in [0.2, 0.25) is 5.91 Å². The Morgan fingerprint density at radius 1 is 1.17 bits per heavy atom. The lowest BCUT2D eigenvalue weighted by atomic mass is 10.1. The van der Waals surface area contributed by atoms with Crippen LogP contribution in [0.4, 0.5) is 10.2 Å². The van der Waals surface area contributed by atoms with Crippen LogP contribution in [0.15, 0.2) is 30.5 Å². The van der Waals surface area contributed by atoms with Crippen LogP contribution in [-0.4, -0.2) is 47.0 Å². The number of halogens is 1. The Morgan fingerprint density at radius 2 is 1.88 bits per heavy atom. The van der Waals surface area contributed by atoms with E-state index in [2.05, 4.69) is 14.9 Å². The van der Waals surface area contributed by atoms with Crippen LogP contribution in [0.3, 0.4) is 0 Å². The van der Waals surface area contributed by atoms with Crippen LogP contribution < -0.4 is 4.90 Å². The highest BCUT2D eigenvalue weighted by atomic mass is 19.1. The van der Waals surface area contributed by atoms with Gasteiger partial charge in [-0.05, 0) is 25.5 Å². The van der Waals surface area contributed by atoms with Gasteiger partial charge in [0.25, 0.3) is 0 Å². The molecule has 6 heteroatoms. The molecule has 1 aliphatic heterocycles. The molecule has 0 bridgehead atoms. The molecular formula is C18H21FN4O. The number of hydrogen-bond acceptors (Lipinski definition) is 4. The summed E-state index contributed by atoms with van der Waals surface area (Å²) in [5.74, 6) is 0.526. The summed E-state index contributed by atoms with van der Waals surface area (Å²) >= 11 is 0. The van der Waals surface area contributed by atoms with Gasteiger partial charge in [-0.25, -0.2) is 9.37 Å². The van der Waals surface area contributed by atoms with Gasteiger partial charge in [0, 0.05) is 32.4 Å². The lowest BCUT2D eigenvalue weighted by Gasteiger charge is -2.36. The number of piperazine rings is 1. The van der Waals surface area contributed by atoms with Crippen LogP contribution in [0.1, 0.15) is 17.0 Å². The summed E-state index contributed by atoms with van der Waals surface area (Å²) in [4.78, 5) is 25.2. The fourth-order valence-electron chi connectivity index (χ4n) is 2.91. The van der Waals surface area contributed by atoms with Gasteiger partial charge in [-0.15, -0.1) is 0 Å². The van der Waals surface area contributed by atoms with Gasteiger partial charge in [-0.1, -0.05) is 18.2 Å². The van der Waals surface area contributed by atoms with Crippen molar-refractivity contribution in [3.8, 4) is 0 Å². The first-order valence-corrected chi connectivity index (χ1v) is 8.11. The minimum absolute atomic E-state index is 0.0354. The monoisotopic (exact) mass is 328 g/mol. The number of carbonyl (C=O) groups excluding carboxylic acids is 1. The highest BCUT2D eigenvalue weighted by Crippen LogP contribution is 2.18. The average Bonchev–Trinajstić information content (AvgIpc) is 2.59. The average molecular weight is 328 g/mol. The predicted octanol–water partition coefficient (Wildman–Crippen LogP) is 2.12. The maximum absolute atomic E-state index is 13.7. The van der Waals surface area contributed by atoms with Crippen molar-refractivity contribution in [2.24, 2.45) is 0 Å². The molecule has 0 saturated carbocycles. The molecule has 0 radical (unpaired) electrons. The molecule has 0 spiro atoms. The van der Waals surface area contributed by atoms with E-state index in [0.717, 1.165) is 17.2 Å². The number of carbonyl (C=O) groups is 1. The Morgan fingerprint density at radius 3 is 2.58 bits per heavy atom. The molecule has 1 aromatic heterocycles. The van der Waals surface area contributed by atoms with Gasteiger partial charge in [-0.3, -0.25) is 9.78 Å². The normalized spacial score (nSPS) is 14.8. The van der Waals surface area contributed by atoms with Crippen molar-refractivity contribution in [1.82, 2.24) is 14.9 Å². The highest BCUT2D eigenvalue weighted by molar-refractivity contribution is 5.79. The van der Waals surface area contributed by atoms with Crippen LogP contribution in [0.2, 0.25) is 0 Å². The van der Waals surface area contributed by atoms with E-state index < -0.39 is 0 Å². The zero-order valence-electron chi connectivity index (χ0n) is 14.0. The number of nitrogens with zero attached hydrogens (tertiary/aromatic N) is 4. The number of hydrogen-bond donors (Lipinski definition) is 0. The lowest BCUT2D eigenvalue weighted by molar-refractivity contribution is -0.130. The van der Waals surface area contributed by atoms with Crippen molar-refractivity contribution in [3.05, 3.63) is 53.2 Å². The lowest BCUT2D eigenvalue weighted by Crippen LogP contribution is -2.49. The largest absolute Gasteiger partial charge is 0.352 e. The van der Waals surface area contributed by atoms with Crippen LogP contribution >= 0.6 is 0 Å². The van der Waals surface area contributed by atoms with E-state index in [4.69, 9.17) is 0 Å². The third-order valence-corrected chi connectivity index (χ3v) is 4.28. The zero-order chi connectivity index (χ0) is 17.1. The minimum atomic E-state index is -0.324. The number of benzene rings is 1. The minimum Gasteiger partial charge on any atom is -0.352 e. The quantitative estimate of drug-likeness (QED) is 0.866. The molecular weight excluding hydrogens is 307 g/mol. The van der Waals surface area contributed by atoms with Crippen molar-refractivity contribution >= 4 is 11.7 Å². The summed E-state index contributed by atoms with van der Waals surface area (Å²) in [5.41, 5.74) is 2.23. The van der Waals surface area contributed by atoms with Crippen LogP contribution in [-0.2, 0) is 11.2 Å². The van der Waals surface area contributed by atoms with E-state index in [-0.39, 0.29) is 18.1 Å². The van der Waals surface area contributed by atoms with E-state index >= 15 is 0 Å². The summed E-state index contributed by atoms with van der Waals surface area (Å²) < 4.78 is 13.7. The molecule has 126 valence electrons. The molecule has 0 N–H and O–H groups in total. The fraction of sp³-hybridized carbons (Fsp3) is 0.389. The maximum Gasteiger partial charge on any atom is 0.227 e. The topological polar surface area (TPSA) is 49.3 Å². The Bertz CT molecular complexity index is 742. The van der Waals surface area contributed by atoms with E-state index in [1.807, 2.05) is 13.8 Å². The molecule has 1 amide bonds. The van der Waals surface area contributed by atoms with Gasteiger partial charge in [-0.2, -0.15) is 0 Å². The molecule has 1 fully saturated rings. The number of aromatic nitrogens is 2. The number of aryl methyl sites for hydroxylation is 2. The van der Waals surface area contributed by atoms with Gasteiger partial charge >= 0.3 is 0 Å². The van der Waals surface area contributed by atoms with E-state index in [1.54, 1.807) is 29.3 Å². The second kappa shape index (κ2) is 6.95. The maximum atomic E-state index is 13.7. The molecule has 2 aromatic rings. The van der Waals surface area contributed by atoms with Crippen molar-refractivity contribution < 1.29 is 9.18 Å². The summed E-state index contributed by atoms with van der Waals surface area (Å²) in [5, 5.41) is 0. The summed E-state index contributed by atoms with van der Waals surface area (Å²) in [6, 6.07) is 6.44. The zero-order valence-corrected chi connectivity index (χ0v) is 14.0. The Hall–Kier alpha value is -2.50. The van der Waals surface area contributed by atoms with Crippen molar-refractivity contribution in [1.29, 1.82) is 0 Å². The summed E-state index contributed by atoms with van der Waals surface area (Å²) in [6.07, 6.45) is 1.86. The van der Waals surface area contributed by atoms with E-state index in [0.29, 0.717) is 31.7 Å². The Balaban J connectivity index is 1.61. The van der Waals surface area contributed by atoms with Gasteiger partial charge in [0.15, 0.2) is 0 Å². The molecule has 0 aliphatic carbocycles. The van der Waals surface area contributed by atoms with Crippen LogP contribution in [0.25, 0.3) is 0 Å². The fourth-order valence-corrected chi connectivity index (χ4v) is 2.91. The second-order valence-corrected chi connectivity index (χ2v) is 6.06. The van der Waals surface area contributed by atoms with Gasteiger partial charge < -0.3 is 9.80 Å². The SMILES string of the molecule is Cc1cnc(C)c(N2CCN(C(=O)Cc3ccccc3F)CC2)n1. The number of anilines is 1. The van der Waals surface area contributed by atoms with Crippen molar-refractivity contribution in [2.45, 2.75) is 20.3 Å². The third kappa shape index (κ3) is 3.53. The molecule has 3 rings (SSSR count). The highest BCUT2D eigenvalue weighted by Gasteiger charge is 2.23. The first-order valence-electron chi connectivity index (χ1n) is 8.11. The van der Waals surface area contributed by atoms with Crippen molar-refractivity contribution in [3.63, 3.8) is 0 Å². The molecule has 0 atom stereocenters. The Kier molecular flexibility index (Phi) is 4.74. The first kappa shape index (κ1) is 16.4. The predicted molar refractivity (Wildman–Crippen MR) is 90.4 cm³/mol. The van der Waals surface area contributed by atoms with Gasteiger partial charge in [0.05, 0.1) is 17.8 Å². The standard InChI is InChI=1S/C18H21FN4O/c1-13-12-20-14(2)18(21-13)23-9-7-22(8-10-23)17(24)11-15-5-3-4-6-16(15)19/h3-6,12H,7-11H2,1-2H3. The van der Waals surface area contributed by atoms with Crippen molar-refractivity contribution in [2.75, 3.05) is 31.1 Å². The summed E-state index contributed by atoms with van der Waals surface area (Å²) in [7, 11) is 0. The van der Waals surface area contributed by atoms with Gasteiger partial charge in [0.1, 0.15) is 11.6 Å². The number of rotatable bonds is 3. The molecule has 1 aromatic carbocycles. The van der Waals surface area contributed by atoms with E-state index in [9.17, 15) is 9.18 Å². The molecule has 5 nitrogen and oxygen atoms in total. The molecule has 24 heavy (non-hydrogen) atoms. The molecule has 1 aliphatic rings. The van der Waals surface area contributed by atoms with Crippen LogP contribution in [0, 0.1) is 19.7 Å². The Labute approximate surface area is 141 Å². The molecule has 0 unspecified atom stereocenters. The molecule has 2 heterocycles. The third-order valence-electron chi connectivity index (χ3n) is 4.28. The first-order chi connectivity index (χ1) is 11.5. The van der Waals surface area contributed by atoms with Crippen LogP contribution in [0.5, 0.6) is 0 Å². The van der Waals surface area contributed by atoms with E-state index in [1.165, 1.54) is 6.07 Å². The summed E-state index contributed by atoms with van der Waals surface area (Å²) in [6.45, 7) is 6.51. The second-order valence-electron chi connectivity index (χ2n) is 6.06.